The summed E-state index contributed by atoms with van der Waals surface area (Å²) in [6, 6.07) is 6.04. The van der Waals surface area contributed by atoms with Gasteiger partial charge in [-0.2, -0.15) is 0 Å². The lowest BCUT2D eigenvalue weighted by Crippen LogP contribution is -2.16. The predicted molar refractivity (Wildman–Crippen MR) is 64.8 cm³/mol. The first kappa shape index (κ1) is 11.9. The number of benzene rings is 1. The standard InChI is InChI=1S/C12H15BrO3/c1-8(12-15-5-6-16-12)9-3-4-11(14-2)10(13)7-9/h3-4,7-8,12H,5-6H2,1-2H3. The van der Waals surface area contributed by atoms with Crippen LogP contribution in [0.2, 0.25) is 0 Å². The van der Waals surface area contributed by atoms with Crippen LogP contribution in [-0.2, 0) is 9.47 Å². The maximum atomic E-state index is 5.50. The monoisotopic (exact) mass is 286 g/mol. The van der Waals surface area contributed by atoms with E-state index < -0.39 is 0 Å². The van der Waals surface area contributed by atoms with Gasteiger partial charge in [0.2, 0.25) is 0 Å². The highest BCUT2D eigenvalue weighted by Gasteiger charge is 2.24. The minimum atomic E-state index is -0.125. The van der Waals surface area contributed by atoms with Crippen LogP contribution < -0.4 is 4.74 Å². The van der Waals surface area contributed by atoms with E-state index in [1.165, 1.54) is 5.56 Å². The Morgan fingerprint density at radius 1 is 1.38 bits per heavy atom. The number of ether oxygens (including phenoxy) is 3. The zero-order valence-electron chi connectivity index (χ0n) is 9.40. The SMILES string of the molecule is COc1ccc(C(C)C2OCCO2)cc1Br. The van der Waals surface area contributed by atoms with E-state index in [2.05, 4.69) is 28.9 Å². The Kier molecular flexibility index (Phi) is 3.84. The van der Waals surface area contributed by atoms with Crippen molar-refractivity contribution in [3.63, 3.8) is 0 Å². The molecular weight excluding hydrogens is 272 g/mol. The Hall–Kier alpha value is -0.580. The third-order valence-electron chi connectivity index (χ3n) is 2.76. The molecule has 0 saturated carbocycles. The zero-order chi connectivity index (χ0) is 11.5. The molecule has 1 unspecified atom stereocenters. The van der Waals surface area contributed by atoms with Crippen molar-refractivity contribution >= 4 is 15.9 Å². The minimum Gasteiger partial charge on any atom is -0.496 e. The van der Waals surface area contributed by atoms with Crippen molar-refractivity contribution in [2.45, 2.75) is 19.1 Å². The highest BCUT2D eigenvalue weighted by molar-refractivity contribution is 9.10. The molecule has 0 amide bonds. The summed E-state index contributed by atoms with van der Waals surface area (Å²) in [5.41, 5.74) is 1.18. The van der Waals surface area contributed by atoms with Gasteiger partial charge in [-0.15, -0.1) is 0 Å². The van der Waals surface area contributed by atoms with Gasteiger partial charge in [-0.1, -0.05) is 13.0 Å². The summed E-state index contributed by atoms with van der Waals surface area (Å²) >= 11 is 3.48. The maximum Gasteiger partial charge on any atom is 0.164 e. The smallest absolute Gasteiger partial charge is 0.164 e. The molecule has 4 heteroatoms. The third kappa shape index (κ3) is 2.39. The molecule has 0 aliphatic carbocycles. The normalized spacial score (nSPS) is 18.7. The molecule has 1 saturated heterocycles. The average Bonchev–Trinajstić information content (AvgIpc) is 2.81. The summed E-state index contributed by atoms with van der Waals surface area (Å²) < 4.78 is 17.1. The van der Waals surface area contributed by atoms with Crippen molar-refractivity contribution in [2.75, 3.05) is 20.3 Å². The second kappa shape index (κ2) is 5.17. The molecule has 0 spiro atoms. The maximum absolute atomic E-state index is 5.50. The molecule has 0 bridgehead atoms. The van der Waals surface area contributed by atoms with Crippen LogP contribution in [0.25, 0.3) is 0 Å². The quantitative estimate of drug-likeness (QED) is 0.855. The molecule has 0 radical (unpaired) electrons. The first-order valence-electron chi connectivity index (χ1n) is 5.29. The van der Waals surface area contributed by atoms with Gasteiger partial charge in [-0.05, 0) is 33.6 Å². The summed E-state index contributed by atoms with van der Waals surface area (Å²) in [5.74, 6) is 1.06. The van der Waals surface area contributed by atoms with Crippen molar-refractivity contribution in [2.24, 2.45) is 0 Å². The van der Waals surface area contributed by atoms with E-state index in [9.17, 15) is 0 Å². The van der Waals surface area contributed by atoms with E-state index in [-0.39, 0.29) is 12.2 Å². The summed E-state index contributed by atoms with van der Waals surface area (Å²) in [7, 11) is 1.66. The van der Waals surface area contributed by atoms with Crippen LogP contribution in [0, 0.1) is 0 Å². The van der Waals surface area contributed by atoms with Gasteiger partial charge in [0, 0.05) is 5.92 Å². The van der Waals surface area contributed by atoms with Crippen molar-refractivity contribution in [1.82, 2.24) is 0 Å². The topological polar surface area (TPSA) is 27.7 Å². The van der Waals surface area contributed by atoms with Crippen molar-refractivity contribution in [1.29, 1.82) is 0 Å². The van der Waals surface area contributed by atoms with Crippen LogP contribution in [0.5, 0.6) is 5.75 Å². The van der Waals surface area contributed by atoms with E-state index in [1.807, 2.05) is 12.1 Å². The third-order valence-corrected chi connectivity index (χ3v) is 3.38. The number of rotatable bonds is 3. The van der Waals surface area contributed by atoms with Crippen molar-refractivity contribution in [3.8, 4) is 5.75 Å². The summed E-state index contributed by atoms with van der Waals surface area (Å²) in [6.45, 7) is 3.48. The summed E-state index contributed by atoms with van der Waals surface area (Å²) in [5, 5.41) is 0. The van der Waals surface area contributed by atoms with Gasteiger partial charge in [0.25, 0.3) is 0 Å². The van der Waals surface area contributed by atoms with Gasteiger partial charge in [0.1, 0.15) is 5.75 Å². The highest BCUT2D eigenvalue weighted by atomic mass is 79.9. The molecule has 1 aromatic rings. The van der Waals surface area contributed by atoms with Gasteiger partial charge in [0.15, 0.2) is 6.29 Å². The Balaban J connectivity index is 2.16. The lowest BCUT2D eigenvalue weighted by atomic mass is 10.0. The van der Waals surface area contributed by atoms with Crippen LogP contribution in [0.3, 0.4) is 0 Å². The molecule has 88 valence electrons. The summed E-state index contributed by atoms with van der Waals surface area (Å²) in [6.07, 6.45) is -0.125. The van der Waals surface area contributed by atoms with E-state index in [0.717, 1.165) is 10.2 Å². The van der Waals surface area contributed by atoms with E-state index in [1.54, 1.807) is 7.11 Å². The van der Waals surface area contributed by atoms with Crippen molar-refractivity contribution in [3.05, 3.63) is 28.2 Å². The largest absolute Gasteiger partial charge is 0.496 e. The number of methoxy groups -OCH3 is 1. The molecule has 0 aromatic heterocycles. The highest BCUT2D eigenvalue weighted by Crippen LogP contribution is 2.31. The van der Waals surface area contributed by atoms with E-state index in [0.29, 0.717) is 13.2 Å². The Morgan fingerprint density at radius 2 is 2.06 bits per heavy atom. The van der Waals surface area contributed by atoms with Gasteiger partial charge in [-0.25, -0.2) is 0 Å². The number of halogens is 1. The molecule has 1 fully saturated rings. The van der Waals surface area contributed by atoms with E-state index in [4.69, 9.17) is 14.2 Å². The van der Waals surface area contributed by atoms with Gasteiger partial charge in [0.05, 0.1) is 24.8 Å². The molecule has 2 rings (SSSR count). The van der Waals surface area contributed by atoms with E-state index >= 15 is 0 Å². The van der Waals surface area contributed by atoms with Gasteiger partial charge in [-0.3, -0.25) is 0 Å². The lowest BCUT2D eigenvalue weighted by molar-refractivity contribution is -0.0570. The molecule has 1 aromatic carbocycles. The van der Waals surface area contributed by atoms with Crippen LogP contribution in [-0.4, -0.2) is 26.6 Å². The predicted octanol–water partition coefficient (Wildman–Crippen LogP) is 2.93. The van der Waals surface area contributed by atoms with Gasteiger partial charge < -0.3 is 14.2 Å². The Bertz CT molecular complexity index is 361. The fourth-order valence-corrected chi connectivity index (χ4v) is 2.35. The van der Waals surface area contributed by atoms with Crippen LogP contribution in [0.1, 0.15) is 18.4 Å². The molecule has 16 heavy (non-hydrogen) atoms. The van der Waals surface area contributed by atoms with Crippen LogP contribution in [0.15, 0.2) is 22.7 Å². The number of hydrogen-bond donors (Lipinski definition) is 0. The van der Waals surface area contributed by atoms with Gasteiger partial charge >= 0.3 is 0 Å². The first-order chi connectivity index (χ1) is 7.72. The van der Waals surface area contributed by atoms with Crippen molar-refractivity contribution < 1.29 is 14.2 Å². The molecule has 1 atom stereocenters. The molecule has 0 N–H and O–H groups in total. The Morgan fingerprint density at radius 3 is 2.62 bits per heavy atom. The minimum absolute atomic E-state index is 0.125. The second-order valence-electron chi connectivity index (χ2n) is 3.79. The first-order valence-corrected chi connectivity index (χ1v) is 6.08. The molecule has 1 aliphatic rings. The van der Waals surface area contributed by atoms with Crippen LogP contribution >= 0.6 is 15.9 Å². The summed E-state index contributed by atoms with van der Waals surface area (Å²) in [4.78, 5) is 0. The molecule has 3 nitrogen and oxygen atoms in total. The van der Waals surface area contributed by atoms with Crippen LogP contribution in [0.4, 0.5) is 0 Å². The number of hydrogen-bond acceptors (Lipinski definition) is 3. The zero-order valence-corrected chi connectivity index (χ0v) is 11.0. The molecule has 1 aliphatic heterocycles. The molecule has 1 heterocycles. The lowest BCUT2D eigenvalue weighted by Gasteiger charge is -2.18. The molecular formula is C12H15BrO3. The second-order valence-corrected chi connectivity index (χ2v) is 4.65. The average molecular weight is 287 g/mol. The fraction of sp³-hybridized carbons (Fsp3) is 0.500. The Labute approximate surface area is 104 Å². The fourth-order valence-electron chi connectivity index (χ4n) is 1.79.